The topological polar surface area (TPSA) is 74.9 Å². The number of ether oxygens (including phenoxy) is 3. The average molecular weight is 442 g/mol. The molecule has 174 valence electrons. The third kappa shape index (κ3) is 6.07. The number of benzene rings is 1. The molecule has 0 aliphatic carbocycles. The molecule has 0 spiro atoms. The lowest BCUT2D eigenvalue weighted by Crippen LogP contribution is -2.22. The van der Waals surface area contributed by atoms with Crippen LogP contribution in [0.4, 0.5) is 0 Å². The first kappa shape index (κ1) is 25.3. The van der Waals surface area contributed by atoms with E-state index in [4.69, 9.17) is 14.2 Å². The molecule has 7 heteroatoms. The molecular formula is C25H35N3O4. The van der Waals surface area contributed by atoms with Gasteiger partial charge in [0.1, 0.15) is 12.3 Å². The summed E-state index contributed by atoms with van der Waals surface area (Å²) in [6, 6.07) is 8.34. The Morgan fingerprint density at radius 2 is 1.81 bits per heavy atom. The van der Waals surface area contributed by atoms with Gasteiger partial charge in [-0.3, -0.25) is 9.67 Å². The van der Waals surface area contributed by atoms with Gasteiger partial charge < -0.3 is 14.2 Å². The Hall–Kier alpha value is -2.93. The van der Waals surface area contributed by atoms with Gasteiger partial charge in [0.15, 0.2) is 5.76 Å². The number of aryl methyl sites for hydroxylation is 2. The van der Waals surface area contributed by atoms with E-state index in [9.17, 15) is 4.79 Å². The molecular weight excluding hydrogens is 406 g/mol. The van der Waals surface area contributed by atoms with Crippen molar-refractivity contribution in [1.82, 2.24) is 9.78 Å². The summed E-state index contributed by atoms with van der Waals surface area (Å²) in [5.74, 6) is 0.0370. The number of carbonyl (C=O) groups excluding carboxylic acids is 1. The third-order valence-electron chi connectivity index (χ3n) is 5.14. The number of nitrogens with zero attached hydrogens (tertiary/aromatic N) is 3. The van der Waals surface area contributed by atoms with Crippen molar-refractivity contribution in [2.45, 2.75) is 53.2 Å². The van der Waals surface area contributed by atoms with Gasteiger partial charge in [0.2, 0.25) is 6.29 Å². The highest BCUT2D eigenvalue weighted by molar-refractivity contribution is 6.18. The van der Waals surface area contributed by atoms with E-state index in [1.54, 1.807) is 24.9 Å². The number of carbonyl (C=O) groups is 1. The molecule has 0 saturated carbocycles. The van der Waals surface area contributed by atoms with Crippen molar-refractivity contribution in [2.75, 3.05) is 20.8 Å². The van der Waals surface area contributed by atoms with Gasteiger partial charge in [-0.05, 0) is 30.4 Å². The smallest absolute Gasteiger partial charge is 0.335 e. The maximum absolute atomic E-state index is 11.9. The minimum absolute atomic E-state index is 0.0420. The summed E-state index contributed by atoms with van der Waals surface area (Å²) in [6.45, 7) is 12.0. The molecule has 0 radical (unpaired) electrons. The number of hydrogen-bond acceptors (Lipinski definition) is 6. The number of esters is 1. The summed E-state index contributed by atoms with van der Waals surface area (Å²) in [4.78, 5) is 16.2. The Bertz CT molecular complexity index is 995. The predicted octanol–water partition coefficient (Wildman–Crippen LogP) is 4.46. The molecule has 0 fully saturated rings. The van der Waals surface area contributed by atoms with Crippen LogP contribution in [0.3, 0.4) is 0 Å². The number of aromatic nitrogens is 2. The van der Waals surface area contributed by atoms with E-state index in [0.29, 0.717) is 5.76 Å². The first-order valence-electron chi connectivity index (χ1n) is 10.6. The summed E-state index contributed by atoms with van der Waals surface area (Å²) in [6.07, 6.45) is 0.920. The fraction of sp³-hybridized carbons (Fsp3) is 0.480. The highest BCUT2D eigenvalue weighted by atomic mass is 16.7. The van der Waals surface area contributed by atoms with Crippen molar-refractivity contribution in [3.63, 3.8) is 0 Å². The Labute approximate surface area is 191 Å². The van der Waals surface area contributed by atoms with Crippen LogP contribution in [-0.2, 0) is 31.5 Å². The number of allylic oxidation sites excluding steroid dienone is 1. The van der Waals surface area contributed by atoms with Gasteiger partial charge >= 0.3 is 5.97 Å². The van der Waals surface area contributed by atoms with Gasteiger partial charge in [-0.1, -0.05) is 45.0 Å². The monoisotopic (exact) mass is 441 g/mol. The molecule has 2 aromatic rings. The molecule has 2 rings (SSSR count). The largest absolute Gasteiger partial charge is 0.452 e. The van der Waals surface area contributed by atoms with Crippen LogP contribution in [0.25, 0.3) is 11.3 Å². The maximum Gasteiger partial charge on any atom is 0.335 e. The quantitative estimate of drug-likeness (QED) is 0.262. The van der Waals surface area contributed by atoms with Crippen molar-refractivity contribution in [1.29, 1.82) is 0 Å². The van der Waals surface area contributed by atoms with Crippen LogP contribution in [0.15, 0.2) is 29.3 Å². The summed E-state index contributed by atoms with van der Waals surface area (Å²) in [7, 11) is 5.02. The predicted molar refractivity (Wildman–Crippen MR) is 128 cm³/mol. The first-order valence-corrected chi connectivity index (χ1v) is 10.6. The Morgan fingerprint density at radius 1 is 1.19 bits per heavy atom. The van der Waals surface area contributed by atoms with E-state index in [2.05, 4.69) is 55.1 Å². The van der Waals surface area contributed by atoms with Gasteiger partial charge in [-0.15, -0.1) is 0 Å². The lowest BCUT2D eigenvalue weighted by Gasteiger charge is -2.22. The number of hydrogen-bond donors (Lipinski definition) is 0. The molecule has 32 heavy (non-hydrogen) atoms. The Balaban J connectivity index is 2.65. The van der Waals surface area contributed by atoms with Crippen LogP contribution in [-0.4, -0.2) is 49.0 Å². The lowest BCUT2D eigenvalue weighted by atomic mass is 9.86. The molecule has 1 unspecified atom stereocenters. The zero-order valence-corrected chi connectivity index (χ0v) is 20.6. The summed E-state index contributed by atoms with van der Waals surface area (Å²) in [5, 5.41) is 4.54. The molecule has 7 nitrogen and oxygen atoms in total. The molecule has 0 saturated heterocycles. The fourth-order valence-electron chi connectivity index (χ4n) is 3.40. The molecule has 0 amide bonds. The molecule has 0 bridgehead atoms. The average Bonchev–Trinajstić information content (AvgIpc) is 2.96. The number of methoxy groups -OCH3 is 1. The minimum Gasteiger partial charge on any atom is -0.452 e. The second-order valence-electron chi connectivity index (χ2n) is 8.75. The van der Waals surface area contributed by atoms with Crippen LogP contribution >= 0.6 is 0 Å². The maximum atomic E-state index is 11.9. The third-order valence-corrected chi connectivity index (χ3v) is 5.14. The van der Waals surface area contributed by atoms with Crippen molar-refractivity contribution < 1.29 is 19.0 Å². The zero-order chi connectivity index (χ0) is 24.1. The van der Waals surface area contributed by atoms with Gasteiger partial charge in [0.25, 0.3) is 0 Å². The van der Waals surface area contributed by atoms with Crippen LogP contribution in [0.2, 0.25) is 0 Å². The van der Waals surface area contributed by atoms with E-state index in [1.807, 2.05) is 20.9 Å². The van der Waals surface area contributed by atoms with E-state index < -0.39 is 12.3 Å². The second kappa shape index (κ2) is 10.6. The summed E-state index contributed by atoms with van der Waals surface area (Å²) in [5.41, 5.74) is 5.65. The van der Waals surface area contributed by atoms with Gasteiger partial charge in [-0.25, -0.2) is 4.79 Å². The van der Waals surface area contributed by atoms with Crippen LogP contribution in [0.5, 0.6) is 0 Å². The van der Waals surface area contributed by atoms with Crippen molar-refractivity contribution >= 4 is 23.5 Å². The molecule has 1 atom stereocenters. The lowest BCUT2D eigenvalue weighted by molar-refractivity contribution is -0.168. The van der Waals surface area contributed by atoms with Crippen molar-refractivity contribution in [3.05, 3.63) is 52.3 Å². The number of rotatable bonds is 8. The van der Waals surface area contributed by atoms with Gasteiger partial charge in [-0.2, -0.15) is 5.10 Å². The Kier molecular flexibility index (Phi) is 8.38. The summed E-state index contributed by atoms with van der Waals surface area (Å²) >= 11 is 0. The molecule has 1 aromatic heterocycles. The van der Waals surface area contributed by atoms with Crippen molar-refractivity contribution in [3.8, 4) is 0 Å². The van der Waals surface area contributed by atoms with Crippen LogP contribution in [0.1, 0.15) is 55.8 Å². The SMILES string of the molecule is CN=C/C(=C(/OC(C)OC(=O)COC)c1c(C)c(C)nn1C)c1ccc(C(C)(C)C)cc1. The van der Waals surface area contributed by atoms with E-state index >= 15 is 0 Å². The van der Waals surface area contributed by atoms with E-state index in [1.165, 1.54) is 12.7 Å². The molecule has 0 N–H and O–H groups in total. The highest BCUT2D eigenvalue weighted by Crippen LogP contribution is 2.32. The molecule has 1 heterocycles. The van der Waals surface area contributed by atoms with E-state index in [-0.39, 0.29) is 12.0 Å². The van der Waals surface area contributed by atoms with Crippen molar-refractivity contribution in [2.24, 2.45) is 12.0 Å². The second-order valence-corrected chi connectivity index (χ2v) is 8.75. The highest BCUT2D eigenvalue weighted by Gasteiger charge is 2.24. The van der Waals surface area contributed by atoms with Crippen LogP contribution in [0, 0.1) is 13.8 Å². The minimum atomic E-state index is -0.837. The standard InChI is InChI=1S/C25H35N3O4/c1-16-17(2)27-28(8)23(16)24(32-18(3)31-22(29)15-30-9)21(14-26-7)19-10-12-20(13-11-19)25(4,5)6/h10-14,18H,15H2,1-9H3/b24-21-,26-14?. The number of aliphatic imine (C=N–C) groups is 1. The van der Waals surface area contributed by atoms with Gasteiger partial charge in [0, 0.05) is 45.5 Å². The first-order chi connectivity index (χ1) is 15.0. The summed E-state index contributed by atoms with van der Waals surface area (Å²) < 4.78 is 18.2. The van der Waals surface area contributed by atoms with Gasteiger partial charge in [0.05, 0.1) is 5.69 Å². The Morgan fingerprint density at radius 3 is 2.28 bits per heavy atom. The zero-order valence-electron chi connectivity index (χ0n) is 20.6. The fourth-order valence-corrected chi connectivity index (χ4v) is 3.40. The molecule has 0 aliphatic heterocycles. The molecule has 1 aromatic carbocycles. The van der Waals surface area contributed by atoms with E-state index in [0.717, 1.165) is 28.1 Å². The molecule has 0 aliphatic rings. The van der Waals surface area contributed by atoms with Crippen LogP contribution < -0.4 is 0 Å². The normalized spacial score (nSPS) is 13.8.